The zero-order chi connectivity index (χ0) is 13.1. The van der Waals surface area contributed by atoms with E-state index in [4.69, 9.17) is 0 Å². The molecule has 2 aliphatic rings. The van der Waals surface area contributed by atoms with Crippen LogP contribution in [0, 0.1) is 0 Å². The van der Waals surface area contributed by atoms with Gasteiger partial charge in [-0.1, -0.05) is 33.8 Å². The van der Waals surface area contributed by atoms with Crippen molar-refractivity contribution in [3.63, 3.8) is 0 Å². The number of allylic oxidation sites excluding steroid dienone is 2. The third-order valence-corrected chi connectivity index (χ3v) is 4.87. The lowest BCUT2D eigenvalue weighted by atomic mass is 10.1. The number of nitrogens with zero attached hydrogens (tertiary/aromatic N) is 1. The summed E-state index contributed by atoms with van der Waals surface area (Å²) in [5, 5.41) is 3.47. The van der Waals surface area contributed by atoms with Crippen LogP contribution in [0.3, 0.4) is 0 Å². The molecule has 0 bridgehead atoms. The topological polar surface area (TPSA) is 49.4 Å². The van der Waals surface area contributed by atoms with E-state index in [2.05, 4.69) is 26.1 Å². The van der Waals surface area contributed by atoms with Crippen molar-refractivity contribution < 1.29 is 9.59 Å². The largest absolute Gasteiger partial charge is 0.362 e. The first kappa shape index (κ1) is 13.7. The molecular weight excluding hydrogens is 316 g/mol. The summed E-state index contributed by atoms with van der Waals surface area (Å²) in [5.74, 6) is 0.176. The lowest BCUT2D eigenvalue weighted by Crippen LogP contribution is -2.30. The molecule has 1 saturated heterocycles. The molecule has 0 aromatic carbocycles. The van der Waals surface area contributed by atoms with Gasteiger partial charge in [-0.25, -0.2) is 0 Å². The maximum Gasteiger partial charge on any atom is 0.230 e. The van der Waals surface area contributed by atoms with Gasteiger partial charge in [0.15, 0.2) is 5.78 Å². The predicted molar refractivity (Wildman–Crippen MR) is 76.4 cm³/mol. The second kappa shape index (κ2) is 5.93. The molecular formula is C12H15BrN2O2S. The molecule has 0 saturated carbocycles. The van der Waals surface area contributed by atoms with Gasteiger partial charge in [0.25, 0.3) is 0 Å². The summed E-state index contributed by atoms with van der Waals surface area (Å²) in [7, 11) is 2.03. The van der Waals surface area contributed by atoms with Crippen LogP contribution in [-0.2, 0) is 9.59 Å². The first-order valence-electron chi connectivity index (χ1n) is 5.79. The SMILES string of the molecule is CN1C2=CCC(=O)C=C2SC1CCNC(=O)CBr. The van der Waals surface area contributed by atoms with Crippen molar-refractivity contribution in [2.24, 2.45) is 0 Å². The van der Waals surface area contributed by atoms with Gasteiger partial charge < -0.3 is 10.2 Å². The number of rotatable bonds is 4. The van der Waals surface area contributed by atoms with Gasteiger partial charge in [0.2, 0.25) is 5.91 Å². The Morgan fingerprint density at radius 3 is 3.17 bits per heavy atom. The third kappa shape index (κ3) is 2.98. The van der Waals surface area contributed by atoms with E-state index in [1.165, 1.54) is 0 Å². The van der Waals surface area contributed by atoms with E-state index < -0.39 is 0 Å². The maximum absolute atomic E-state index is 11.3. The second-order valence-electron chi connectivity index (χ2n) is 4.22. The molecule has 1 N–H and O–H groups in total. The fourth-order valence-electron chi connectivity index (χ4n) is 2.00. The van der Waals surface area contributed by atoms with Gasteiger partial charge in [-0.05, 0) is 12.5 Å². The normalized spacial score (nSPS) is 22.4. The number of amides is 1. The number of carbonyl (C=O) groups is 2. The Balaban J connectivity index is 1.90. The molecule has 4 nitrogen and oxygen atoms in total. The summed E-state index contributed by atoms with van der Waals surface area (Å²) in [6.45, 7) is 0.654. The van der Waals surface area contributed by atoms with E-state index in [-0.39, 0.29) is 11.7 Å². The molecule has 0 aromatic rings. The van der Waals surface area contributed by atoms with Gasteiger partial charge >= 0.3 is 0 Å². The summed E-state index contributed by atoms with van der Waals surface area (Å²) in [6.07, 6.45) is 5.08. The Hall–Kier alpha value is -0.750. The predicted octanol–water partition coefficient (Wildman–Crippen LogP) is 1.63. The van der Waals surface area contributed by atoms with E-state index in [9.17, 15) is 9.59 Å². The molecule has 18 heavy (non-hydrogen) atoms. The number of fused-ring (bicyclic) bond motifs is 1. The number of hydrogen-bond acceptors (Lipinski definition) is 4. The summed E-state index contributed by atoms with van der Waals surface area (Å²) in [6, 6.07) is 0. The molecule has 1 heterocycles. The molecule has 1 aliphatic carbocycles. The number of carbonyl (C=O) groups excluding carboxylic acids is 2. The van der Waals surface area contributed by atoms with Crippen LogP contribution in [0.5, 0.6) is 0 Å². The van der Waals surface area contributed by atoms with Crippen LogP contribution in [0.15, 0.2) is 22.8 Å². The molecule has 0 radical (unpaired) electrons. The minimum absolute atomic E-state index is 0.00618. The Kier molecular flexibility index (Phi) is 4.50. The average molecular weight is 331 g/mol. The maximum atomic E-state index is 11.3. The lowest BCUT2D eigenvalue weighted by Gasteiger charge is -2.21. The Bertz CT molecular complexity index is 434. The van der Waals surface area contributed by atoms with E-state index in [1.807, 2.05) is 13.1 Å². The van der Waals surface area contributed by atoms with Gasteiger partial charge in [0, 0.05) is 30.6 Å². The van der Waals surface area contributed by atoms with Crippen molar-refractivity contribution in [2.45, 2.75) is 18.2 Å². The molecule has 2 rings (SSSR count). The van der Waals surface area contributed by atoms with E-state index in [0.29, 0.717) is 23.7 Å². The van der Waals surface area contributed by atoms with Crippen LogP contribution in [0.2, 0.25) is 0 Å². The van der Waals surface area contributed by atoms with Crippen molar-refractivity contribution in [3.05, 3.63) is 22.8 Å². The number of ketones is 1. The summed E-state index contributed by atoms with van der Waals surface area (Å²) in [5.41, 5.74) is 1.15. The molecule has 1 atom stereocenters. The number of halogens is 1. The van der Waals surface area contributed by atoms with Gasteiger partial charge in [0.1, 0.15) is 0 Å². The smallest absolute Gasteiger partial charge is 0.230 e. The first-order valence-corrected chi connectivity index (χ1v) is 7.79. The van der Waals surface area contributed by atoms with Crippen LogP contribution < -0.4 is 5.32 Å². The lowest BCUT2D eigenvalue weighted by molar-refractivity contribution is -0.118. The number of likely N-dealkylation sites (N-methyl/N-ethyl adjacent to an activating group) is 1. The zero-order valence-corrected chi connectivity index (χ0v) is 12.5. The van der Waals surface area contributed by atoms with E-state index >= 15 is 0 Å². The van der Waals surface area contributed by atoms with Crippen LogP contribution in [0.4, 0.5) is 0 Å². The second-order valence-corrected chi connectivity index (χ2v) is 6.00. The molecule has 98 valence electrons. The molecule has 0 spiro atoms. The van der Waals surface area contributed by atoms with E-state index in [0.717, 1.165) is 17.0 Å². The van der Waals surface area contributed by atoms with Gasteiger partial charge in [-0.3, -0.25) is 9.59 Å². The summed E-state index contributed by atoms with van der Waals surface area (Å²) in [4.78, 5) is 25.7. The Labute approximate surface area is 119 Å². The molecule has 1 unspecified atom stereocenters. The van der Waals surface area contributed by atoms with Crippen LogP contribution in [-0.4, -0.2) is 40.9 Å². The number of thioether (sulfide) groups is 1. The molecule has 1 fully saturated rings. The average Bonchev–Trinajstić information content (AvgIpc) is 2.65. The molecule has 1 aliphatic heterocycles. The number of nitrogens with one attached hydrogen (secondary N) is 1. The highest BCUT2D eigenvalue weighted by molar-refractivity contribution is 9.09. The Morgan fingerprint density at radius 1 is 1.67 bits per heavy atom. The minimum atomic E-state index is 0.00618. The standard InChI is InChI=1S/C12H15BrN2O2S/c1-15-9-3-2-8(16)6-10(9)18-12(15)4-5-14-11(17)7-13/h3,6,12H,2,4-5,7H2,1H3,(H,14,17). The highest BCUT2D eigenvalue weighted by atomic mass is 79.9. The van der Waals surface area contributed by atoms with Crippen molar-refractivity contribution in [1.29, 1.82) is 0 Å². The monoisotopic (exact) mass is 330 g/mol. The van der Waals surface area contributed by atoms with Crippen molar-refractivity contribution >= 4 is 39.4 Å². The van der Waals surface area contributed by atoms with Crippen LogP contribution >= 0.6 is 27.7 Å². The zero-order valence-electron chi connectivity index (χ0n) is 10.1. The summed E-state index contributed by atoms with van der Waals surface area (Å²) >= 11 is 4.81. The number of hydrogen-bond donors (Lipinski definition) is 1. The molecule has 1 amide bonds. The van der Waals surface area contributed by atoms with Crippen molar-refractivity contribution in [3.8, 4) is 0 Å². The van der Waals surface area contributed by atoms with Gasteiger partial charge in [0.05, 0.1) is 10.7 Å². The van der Waals surface area contributed by atoms with Crippen molar-refractivity contribution in [2.75, 3.05) is 18.9 Å². The van der Waals surface area contributed by atoms with Gasteiger partial charge in [-0.2, -0.15) is 0 Å². The quantitative estimate of drug-likeness (QED) is 0.796. The molecule has 6 heteroatoms. The van der Waals surface area contributed by atoms with Crippen molar-refractivity contribution in [1.82, 2.24) is 10.2 Å². The van der Waals surface area contributed by atoms with Gasteiger partial charge in [-0.15, -0.1) is 0 Å². The Morgan fingerprint density at radius 2 is 2.44 bits per heavy atom. The summed E-state index contributed by atoms with van der Waals surface area (Å²) < 4.78 is 0. The number of alkyl halides is 1. The fourth-order valence-corrected chi connectivity index (χ4v) is 3.55. The molecule has 0 aromatic heterocycles. The fraction of sp³-hybridized carbons (Fsp3) is 0.500. The van der Waals surface area contributed by atoms with Crippen LogP contribution in [0.25, 0.3) is 0 Å². The highest BCUT2D eigenvalue weighted by Crippen LogP contribution is 2.43. The van der Waals surface area contributed by atoms with Crippen LogP contribution in [0.1, 0.15) is 12.8 Å². The minimum Gasteiger partial charge on any atom is -0.362 e. The third-order valence-electron chi connectivity index (χ3n) is 2.95. The first-order chi connectivity index (χ1) is 8.61. The van der Waals surface area contributed by atoms with E-state index in [1.54, 1.807) is 17.8 Å². The highest BCUT2D eigenvalue weighted by Gasteiger charge is 2.31.